The Morgan fingerprint density at radius 1 is 1.13 bits per heavy atom. The molecule has 0 spiro atoms. The van der Waals surface area contributed by atoms with Crippen molar-refractivity contribution in [2.75, 3.05) is 0 Å². The van der Waals surface area contributed by atoms with Gasteiger partial charge in [-0.3, -0.25) is 0 Å². The topological polar surface area (TPSA) is 57.2 Å². The second-order valence-electron chi connectivity index (χ2n) is 2.64. The zero-order valence-corrected chi connectivity index (χ0v) is 7.71. The molecule has 0 heterocycles. The molecule has 10 heteroatoms. The van der Waals surface area contributed by atoms with E-state index >= 15 is 0 Å². The lowest BCUT2D eigenvalue weighted by atomic mass is 10.2. The number of halogens is 6. The zero-order chi connectivity index (χ0) is 12.5. The van der Waals surface area contributed by atoms with Crippen molar-refractivity contribution in [2.45, 2.75) is 30.4 Å². The first kappa shape index (κ1) is 14.5. The van der Waals surface area contributed by atoms with Gasteiger partial charge >= 0.3 is 11.4 Å². The van der Waals surface area contributed by atoms with E-state index in [1.54, 1.807) is 0 Å². The molecule has 0 rings (SSSR count). The molecule has 0 fully saturated rings. The Morgan fingerprint density at radius 3 is 1.80 bits per heavy atom. The van der Waals surface area contributed by atoms with Crippen LogP contribution in [0.5, 0.6) is 0 Å². The lowest BCUT2D eigenvalue weighted by Crippen LogP contribution is -2.39. The highest BCUT2D eigenvalue weighted by atomic mass is 32.2. The van der Waals surface area contributed by atoms with Gasteiger partial charge in [-0.2, -0.15) is 22.0 Å². The predicted octanol–water partition coefficient (Wildman–Crippen LogP) is 1.81. The number of alkyl halides is 6. The van der Waals surface area contributed by atoms with E-state index in [2.05, 4.69) is 0 Å². The molecule has 0 aromatic rings. The molecule has 0 bridgehead atoms. The van der Waals surface area contributed by atoms with Crippen molar-refractivity contribution < 1.29 is 39.3 Å². The second kappa shape index (κ2) is 4.16. The molecule has 0 aliphatic carbocycles. The normalized spacial score (nSPS) is 16.5. The molecule has 0 amide bonds. The minimum atomic E-state index is -6.29. The van der Waals surface area contributed by atoms with E-state index in [0.717, 1.165) is 0 Å². The average molecular weight is 259 g/mol. The van der Waals surface area contributed by atoms with Gasteiger partial charge in [-0.1, -0.05) is 0 Å². The van der Waals surface area contributed by atoms with E-state index < -0.39 is 40.6 Å². The van der Waals surface area contributed by atoms with E-state index in [-0.39, 0.29) is 0 Å². The van der Waals surface area contributed by atoms with Crippen molar-refractivity contribution >= 4 is 10.1 Å². The maximum atomic E-state index is 12.4. The predicted molar refractivity (Wildman–Crippen MR) is 34.8 cm³/mol. The third kappa shape index (κ3) is 4.24. The summed E-state index contributed by atoms with van der Waals surface area (Å²) in [4.78, 5) is 0. The first-order chi connectivity index (χ1) is 6.38. The summed E-state index contributed by atoms with van der Waals surface area (Å²) in [6, 6.07) is 0. The van der Waals surface area contributed by atoms with Gasteiger partial charge in [0.2, 0.25) is 0 Å². The van der Waals surface area contributed by atoms with Crippen molar-refractivity contribution in [1.82, 2.24) is 0 Å². The second-order valence-corrected chi connectivity index (χ2v) is 4.09. The Kier molecular flexibility index (Phi) is 4.02. The Morgan fingerprint density at radius 2 is 1.53 bits per heavy atom. The summed E-state index contributed by atoms with van der Waals surface area (Å²) in [5.74, 6) is 0. The lowest BCUT2D eigenvalue weighted by Gasteiger charge is -2.23. The first-order valence-electron chi connectivity index (χ1n) is 3.42. The van der Waals surface area contributed by atoms with Crippen LogP contribution in [-0.2, 0) is 10.1 Å². The molecule has 0 aliphatic rings. The maximum Gasteiger partial charge on any atom is 0.389 e. The standard InChI is InChI=1S/C5H6F6O3S/c6-3(1-2-4(7,8)9)5(10,11)15(12,13)14/h3H,1-2H2,(H,12,13,14)/p-1. The molecular weight excluding hydrogens is 254 g/mol. The maximum absolute atomic E-state index is 12.4. The van der Waals surface area contributed by atoms with Crippen LogP contribution in [0.15, 0.2) is 0 Å². The van der Waals surface area contributed by atoms with Crippen LogP contribution < -0.4 is 0 Å². The highest BCUT2D eigenvalue weighted by Gasteiger charge is 2.48. The fourth-order valence-electron chi connectivity index (χ4n) is 0.615. The zero-order valence-electron chi connectivity index (χ0n) is 6.89. The largest absolute Gasteiger partial charge is 0.743 e. The molecule has 1 atom stereocenters. The lowest BCUT2D eigenvalue weighted by molar-refractivity contribution is -0.142. The molecule has 0 saturated carbocycles. The Labute approximate surface area is 80.8 Å². The number of hydrogen-bond acceptors (Lipinski definition) is 3. The average Bonchev–Trinajstić information content (AvgIpc) is 1.96. The third-order valence-electron chi connectivity index (χ3n) is 1.38. The third-order valence-corrected chi connectivity index (χ3v) is 2.30. The summed E-state index contributed by atoms with van der Waals surface area (Å²) in [6.07, 6.45) is -12.3. The molecule has 92 valence electrons. The van der Waals surface area contributed by atoms with Crippen LogP contribution in [0.3, 0.4) is 0 Å². The molecule has 0 aromatic heterocycles. The van der Waals surface area contributed by atoms with Gasteiger partial charge in [0.1, 0.15) is 0 Å². The SMILES string of the molecule is O=S(=O)([O-])C(F)(F)C(F)CCC(F)(F)F. The minimum Gasteiger partial charge on any atom is -0.743 e. The van der Waals surface area contributed by atoms with Gasteiger partial charge < -0.3 is 4.55 Å². The molecule has 0 aromatic carbocycles. The number of hydrogen-bond donors (Lipinski definition) is 0. The van der Waals surface area contributed by atoms with Crippen LogP contribution >= 0.6 is 0 Å². The molecule has 0 radical (unpaired) electrons. The van der Waals surface area contributed by atoms with Gasteiger partial charge in [0.15, 0.2) is 16.3 Å². The fraction of sp³-hybridized carbons (Fsp3) is 1.00. The molecule has 15 heavy (non-hydrogen) atoms. The van der Waals surface area contributed by atoms with Gasteiger partial charge in [-0.15, -0.1) is 0 Å². The highest BCUT2D eigenvalue weighted by molar-refractivity contribution is 7.86. The Balaban J connectivity index is 4.54. The van der Waals surface area contributed by atoms with Gasteiger partial charge in [0.25, 0.3) is 0 Å². The van der Waals surface area contributed by atoms with Crippen molar-refractivity contribution in [3.05, 3.63) is 0 Å². The summed E-state index contributed by atoms with van der Waals surface area (Å²) in [5, 5.41) is -5.34. The molecule has 0 saturated heterocycles. The van der Waals surface area contributed by atoms with Gasteiger partial charge in [0.05, 0.1) is 0 Å². The van der Waals surface area contributed by atoms with E-state index in [9.17, 15) is 39.3 Å². The summed E-state index contributed by atoms with van der Waals surface area (Å²) in [5.41, 5.74) is 0. The van der Waals surface area contributed by atoms with Crippen LogP contribution in [0.4, 0.5) is 26.3 Å². The van der Waals surface area contributed by atoms with Crippen molar-refractivity contribution in [3.63, 3.8) is 0 Å². The van der Waals surface area contributed by atoms with E-state index in [1.165, 1.54) is 0 Å². The fourth-order valence-corrected chi connectivity index (χ4v) is 1.05. The molecule has 3 nitrogen and oxygen atoms in total. The van der Waals surface area contributed by atoms with E-state index in [4.69, 9.17) is 0 Å². The smallest absolute Gasteiger partial charge is 0.389 e. The van der Waals surface area contributed by atoms with Crippen LogP contribution in [0.2, 0.25) is 0 Å². The first-order valence-corrected chi connectivity index (χ1v) is 4.83. The van der Waals surface area contributed by atoms with Crippen LogP contribution in [0.25, 0.3) is 0 Å². The highest BCUT2D eigenvalue weighted by Crippen LogP contribution is 2.33. The molecule has 1 unspecified atom stereocenters. The molecule has 0 N–H and O–H groups in total. The minimum absolute atomic E-state index is 1.78. The van der Waals surface area contributed by atoms with E-state index in [0.29, 0.717) is 0 Å². The van der Waals surface area contributed by atoms with E-state index in [1.807, 2.05) is 0 Å². The Hall–Kier alpha value is -0.510. The monoisotopic (exact) mass is 259 g/mol. The summed E-state index contributed by atoms with van der Waals surface area (Å²) in [7, 11) is -6.29. The van der Waals surface area contributed by atoms with Crippen molar-refractivity contribution in [3.8, 4) is 0 Å². The summed E-state index contributed by atoms with van der Waals surface area (Å²) < 4.78 is 101. The summed E-state index contributed by atoms with van der Waals surface area (Å²) in [6.45, 7) is 0. The molecular formula is C5H5F6O3S-. The molecule has 0 aliphatic heterocycles. The van der Waals surface area contributed by atoms with Gasteiger partial charge in [-0.25, -0.2) is 12.8 Å². The van der Waals surface area contributed by atoms with Crippen molar-refractivity contribution in [1.29, 1.82) is 0 Å². The Bertz CT molecular complexity index is 307. The quantitative estimate of drug-likeness (QED) is 0.571. The van der Waals surface area contributed by atoms with Crippen molar-refractivity contribution in [2.24, 2.45) is 0 Å². The van der Waals surface area contributed by atoms with Crippen LogP contribution in [0.1, 0.15) is 12.8 Å². The van der Waals surface area contributed by atoms with Gasteiger partial charge in [-0.05, 0) is 6.42 Å². The summed E-state index contributed by atoms with van der Waals surface area (Å²) >= 11 is 0. The number of rotatable bonds is 4. The van der Waals surface area contributed by atoms with Crippen LogP contribution in [-0.4, -0.2) is 30.6 Å². The van der Waals surface area contributed by atoms with Gasteiger partial charge in [0, 0.05) is 6.42 Å². The van der Waals surface area contributed by atoms with Crippen LogP contribution in [0, 0.1) is 0 Å².